The second-order valence-electron chi connectivity index (χ2n) is 6.52. The Morgan fingerprint density at radius 2 is 2.08 bits per heavy atom. The van der Waals surface area contributed by atoms with Gasteiger partial charge in [-0.25, -0.2) is 8.42 Å². The highest BCUT2D eigenvalue weighted by molar-refractivity contribution is 7.90. The number of hydrogen-bond donors (Lipinski definition) is 2. The molecule has 1 unspecified atom stereocenters. The van der Waals surface area contributed by atoms with Gasteiger partial charge in [-0.3, -0.25) is 0 Å². The molecule has 0 aliphatic carbocycles. The Balaban J connectivity index is 1.91. The second kappa shape index (κ2) is 7.12. The summed E-state index contributed by atoms with van der Waals surface area (Å²) in [5.74, 6) is 0. The number of nitrogens with one attached hydrogen (secondary N) is 1. The topological polar surface area (TPSA) is 66.4 Å². The predicted octanol–water partition coefficient (Wildman–Crippen LogP) is 2.79. The van der Waals surface area contributed by atoms with Crippen molar-refractivity contribution in [3.8, 4) is 0 Å². The SMILES string of the molecule is Cc1cc2c(cc1CO)C(/C=C/c1cccc(S(C)(=O)=O)c1)NCC2. The monoisotopic (exact) mass is 357 g/mol. The zero-order valence-electron chi connectivity index (χ0n) is 14.5. The van der Waals surface area contributed by atoms with Gasteiger partial charge in [0.1, 0.15) is 0 Å². The van der Waals surface area contributed by atoms with Gasteiger partial charge in [0.05, 0.1) is 17.5 Å². The van der Waals surface area contributed by atoms with E-state index in [1.807, 2.05) is 19.1 Å². The van der Waals surface area contributed by atoms with E-state index < -0.39 is 9.84 Å². The van der Waals surface area contributed by atoms with Crippen LogP contribution in [0.25, 0.3) is 6.08 Å². The molecule has 1 aliphatic rings. The Morgan fingerprint density at radius 3 is 2.80 bits per heavy atom. The molecule has 2 aromatic rings. The molecule has 25 heavy (non-hydrogen) atoms. The molecule has 1 aliphatic heterocycles. The third-order valence-electron chi connectivity index (χ3n) is 4.63. The van der Waals surface area contributed by atoms with Crippen LogP contribution in [0.5, 0.6) is 0 Å². The van der Waals surface area contributed by atoms with Crippen molar-refractivity contribution in [3.05, 3.63) is 70.3 Å². The summed E-state index contributed by atoms with van der Waals surface area (Å²) >= 11 is 0. The maximum atomic E-state index is 11.7. The standard InChI is InChI=1S/C20H23NO3S/c1-14-10-16-8-9-21-20(19(16)12-17(14)13-22)7-6-15-4-3-5-18(11-15)25(2,23)24/h3-7,10-12,20-22H,8-9,13H2,1-2H3/b7-6+. The van der Waals surface area contributed by atoms with E-state index in [2.05, 4.69) is 23.5 Å². The molecule has 0 aromatic heterocycles. The first-order chi connectivity index (χ1) is 11.9. The van der Waals surface area contributed by atoms with Gasteiger partial charge >= 0.3 is 0 Å². The van der Waals surface area contributed by atoms with Gasteiger partial charge in [-0.1, -0.05) is 36.4 Å². The van der Waals surface area contributed by atoms with Crippen LogP contribution >= 0.6 is 0 Å². The minimum atomic E-state index is -3.21. The highest BCUT2D eigenvalue weighted by Crippen LogP contribution is 2.28. The highest BCUT2D eigenvalue weighted by Gasteiger charge is 2.19. The molecule has 0 amide bonds. The molecule has 2 N–H and O–H groups in total. The van der Waals surface area contributed by atoms with Gasteiger partial charge in [0.2, 0.25) is 0 Å². The van der Waals surface area contributed by atoms with Crippen molar-refractivity contribution < 1.29 is 13.5 Å². The van der Waals surface area contributed by atoms with E-state index in [4.69, 9.17) is 0 Å². The number of sulfone groups is 1. The van der Waals surface area contributed by atoms with E-state index in [1.165, 1.54) is 17.4 Å². The van der Waals surface area contributed by atoms with Crippen LogP contribution in [0, 0.1) is 6.92 Å². The third-order valence-corrected chi connectivity index (χ3v) is 5.74. The van der Waals surface area contributed by atoms with Crippen molar-refractivity contribution in [2.75, 3.05) is 12.8 Å². The summed E-state index contributed by atoms with van der Waals surface area (Å²) in [4.78, 5) is 0.324. The molecule has 1 atom stereocenters. The minimum absolute atomic E-state index is 0.0337. The number of benzene rings is 2. The molecule has 1 heterocycles. The van der Waals surface area contributed by atoms with Crippen LogP contribution < -0.4 is 5.32 Å². The first kappa shape index (κ1) is 17.9. The molecule has 3 rings (SSSR count). The van der Waals surface area contributed by atoms with Crippen LogP contribution in [0.2, 0.25) is 0 Å². The molecule has 5 heteroatoms. The highest BCUT2D eigenvalue weighted by atomic mass is 32.2. The number of rotatable bonds is 4. The number of aryl methyl sites for hydroxylation is 1. The van der Waals surface area contributed by atoms with Crippen LogP contribution in [-0.2, 0) is 22.9 Å². The molecule has 0 radical (unpaired) electrons. The van der Waals surface area contributed by atoms with Crippen molar-refractivity contribution in [2.24, 2.45) is 0 Å². The van der Waals surface area contributed by atoms with Crippen LogP contribution in [-0.4, -0.2) is 26.3 Å². The summed E-state index contributed by atoms with van der Waals surface area (Å²) in [5, 5.41) is 13.0. The molecule has 0 saturated heterocycles. The molecule has 4 nitrogen and oxygen atoms in total. The summed E-state index contributed by atoms with van der Waals surface area (Å²) < 4.78 is 23.4. The molecule has 0 fully saturated rings. The minimum Gasteiger partial charge on any atom is -0.392 e. The number of aliphatic hydroxyl groups is 1. The lowest BCUT2D eigenvalue weighted by molar-refractivity contribution is 0.280. The first-order valence-electron chi connectivity index (χ1n) is 8.33. The summed E-state index contributed by atoms with van der Waals surface area (Å²) in [5.41, 5.74) is 5.39. The summed E-state index contributed by atoms with van der Waals surface area (Å²) in [7, 11) is -3.21. The lowest BCUT2D eigenvalue weighted by Gasteiger charge is -2.26. The average Bonchev–Trinajstić information content (AvgIpc) is 2.58. The number of fused-ring (bicyclic) bond motifs is 1. The Kier molecular flexibility index (Phi) is 5.08. The van der Waals surface area contributed by atoms with Gasteiger partial charge in [-0.05, 0) is 53.3 Å². The van der Waals surface area contributed by atoms with Crippen molar-refractivity contribution in [1.29, 1.82) is 0 Å². The smallest absolute Gasteiger partial charge is 0.175 e. The zero-order chi connectivity index (χ0) is 18.0. The normalized spacial score (nSPS) is 17.6. The summed E-state index contributed by atoms with van der Waals surface area (Å²) in [6.07, 6.45) is 6.18. The van der Waals surface area contributed by atoms with Crippen molar-refractivity contribution in [2.45, 2.75) is 30.9 Å². The first-order valence-corrected chi connectivity index (χ1v) is 10.2. The molecule has 2 aromatic carbocycles. The molecule has 0 bridgehead atoms. The fourth-order valence-corrected chi connectivity index (χ4v) is 3.88. The Morgan fingerprint density at radius 1 is 1.28 bits per heavy atom. The van der Waals surface area contributed by atoms with Crippen LogP contribution in [0.15, 0.2) is 47.4 Å². The van der Waals surface area contributed by atoms with E-state index in [9.17, 15) is 13.5 Å². The van der Waals surface area contributed by atoms with E-state index in [0.29, 0.717) is 4.90 Å². The Bertz CT molecular complexity index is 917. The van der Waals surface area contributed by atoms with Crippen molar-refractivity contribution in [1.82, 2.24) is 5.32 Å². The van der Waals surface area contributed by atoms with Gasteiger partial charge < -0.3 is 10.4 Å². The van der Waals surface area contributed by atoms with Gasteiger partial charge in [0, 0.05) is 12.8 Å². The fourth-order valence-electron chi connectivity index (χ4n) is 3.21. The molecular formula is C20H23NO3S. The Labute approximate surface area is 149 Å². The fraction of sp³-hybridized carbons (Fsp3) is 0.300. The number of aliphatic hydroxyl groups excluding tert-OH is 1. The second-order valence-corrected chi connectivity index (χ2v) is 8.54. The average molecular weight is 357 g/mol. The van der Waals surface area contributed by atoms with Gasteiger partial charge in [0.15, 0.2) is 9.84 Å². The summed E-state index contributed by atoms with van der Waals surface area (Å²) in [6.45, 7) is 2.95. The Hall–Kier alpha value is -1.95. The lowest BCUT2D eigenvalue weighted by atomic mass is 9.90. The molecule has 132 valence electrons. The van der Waals surface area contributed by atoms with E-state index in [0.717, 1.165) is 29.7 Å². The van der Waals surface area contributed by atoms with E-state index in [-0.39, 0.29) is 12.6 Å². The molecule has 0 saturated carbocycles. The van der Waals surface area contributed by atoms with Gasteiger partial charge in [-0.15, -0.1) is 0 Å². The lowest BCUT2D eigenvalue weighted by Crippen LogP contribution is -2.28. The van der Waals surface area contributed by atoms with Gasteiger partial charge in [0.25, 0.3) is 0 Å². The van der Waals surface area contributed by atoms with Crippen LogP contribution in [0.1, 0.15) is 33.9 Å². The maximum Gasteiger partial charge on any atom is 0.175 e. The quantitative estimate of drug-likeness (QED) is 0.883. The van der Waals surface area contributed by atoms with Crippen LogP contribution in [0.3, 0.4) is 0 Å². The van der Waals surface area contributed by atoms with Crippen molar-refractivity contribution >= 4 is 15.9 Å². The molecule has 0 spiro atoms. The largest absolute Gasteiger partial charge is 0.392 e. The number of hydrogen-bond acceptors (Lipinski definition) is 4. The van der Waals surface area contributed by atoms with E-state index in [1.54, 1.807) is 18.2 Å². The summed E-state index contributed by atoms with van der Waals surface area (Å²) in [6, 6.07) is 11.2. The van der Waals surface area contributed by atoms with Crippen LogP contribution in [0.4, 0.5) is 0 Å². The molecular weight excluding hydrogens is 334 g/mol. The third kappa shape index (κ3) is 4.00. The van der Waals surface area contributed by atoms with E-state index >= 15 is 0 Å². The van der Waals surface area contributed by atoms with Crippen molar-refractivity contribution in [3.63, 3.8) is 0 Å². The predicted molar refractivity (Wildman–Crippen MR) is 100 cm³/mol. The zero-order valence-corrected chi connectivity index (χ0v) is 15.3. The maximum absolute atomic E-state index is 11.7. The van der Waals surface area contributed by atoms with Gasteiger partial charge in [-0.2, -0.15) is 0 Å².